The molecule has 0 atom stereocenters. The summed E-state index contributed by atoms with van der Waals surface area (Å²) in [5.41, 5.74) is 0.555. The smallest absolute Gasteiger partial charge is 0.228 e. The third-order valence-electron chi connectivity index (χ3n) is 3.77. The Morgan fingerprint density at radius 2 is 1.95 bits per heavy atom. The summed E-state index contributed by atoms with van der Waals surface area (Å²) in [6, 6.07) is 5.33. The fraction of sp³-hybridized carbons (Fsp3) is 0.529. The minimum absolute atomic E-state index is 0.0664. The number of aliphatic hydroxyl groups is 1. The first kappa shape index (κ1) is 15.5. The van der Waals surface area contributed by atoms with Crippen molar-refractivity contribution in [2.75, 3.05) is 11.9 Å². The fourth-order valence-corrected chi connectivity index (χ4v) is 2.65. The van der Waals surface area contributed by atoms with Crippen LogP contribution in [0, 0.1) is 17.8 Å². The highest BCUT2D eigenvalue weighted by Gasteiger charge is 2.19. The van der Waals surface area contributed by atoms with Gasteiger partial charge >= 0.3 is 0 Å². The van der Waals surface area contributed by atoms with Crippen LogP contribution in [0.2, 0.25) is 0 Å². The molecule has 0 aliphatic heterocycles. The maximum atomic E-state index is 12.3. The van der Waals surface area contributed by atoms with Crippen LogP contribution in [0.1, 0.15) is 50.6 Å². The first-order valence-corrected chi connectivity index (χ1v) is 7.67. The molecule has 1 amide bonds. The zero-order valence-corrected chi connectivity index (χ0v) is 12.3. The monoisotopic (exact) mass is 286 g/mol. The van der Waals surface area contributed by atoms with Crippen molar-refractivity contribution in [3.05, 3.63) is 23.9 Å². The molecule has 1 saturated carbocycles. The van der Waals surface area contributed by atoms with Gasteiger partial charge < -0.3 is 10.4 Å². The van der Waals surface area contributed by atoms with Gasteiger partial charge in [-0.3, -0.25) is 4.79 Å². The van der Waals surface area contributed by atoms with Crippen LogP contribution in [-0.4, -0.2) is 22.6 Å². The Hall–Kier alpha value is -1.86. The molecule has 2 N–H and O–H groups in total. The summed E-state index contributed by atoms with van der Waals surface area (Å²) in [7, 11) is 0. The first-order chi connectivity index (χ1) is 10.3. The Balaban J connectivity index is 1.97. The number of pyridine rings is 1. The number of rotatable bonds is 2. The number of nitrogens with one attached hydrogen (secondary N) is 1. The van der Waals surface area contributed by atoms with E-state index in [-0.39, 0.29) is 18.4 Å². The normalized spacial score (nSPS) is 16.2. The Morgan fingerprint density at radius 1 is 1.24 bits per heavy atom. The Kier molecular flexibility index (Phi) is 6.23. The molecule has 21 heavy (non-hydrogen) atoms. The van der Waals surface area contributed by atoms with Crippen LogP contribution in [0.5, 0.6) is 0 Å². The van der Waals surface area contributed by atoms with E-state index in [4.69, 9.17) is 5.11 Å². The maximum absolute atomic E-state index is 12.3. The van der Waals surface area contributed by atoms with E-state index in [2.05, 4.69) is 22.1 Å². The number of carbonyl (C=O) groups is 1. The van der Waals surface area contributed by atoms with Crippen LogP contribution < -0.4 is 5.32 Å². The molecule has 0 spiro atoms. The van der Waals surface area contributed by atoms with Gasteiger partial charge in [0.1, 0.15) is 18.1 Å². The van der Waals surface area contributed by atoms with Crippen LogP contribution in [0.4, 0.5) is 5.82 Å². The molecule has 1 aliphatic carbocycles. The number of anilines is 1. The van der Waals surface area contributed by atoms with Gasteiger partial charge in [-0.05, 0) is 30.9 Å². The quantitative estimate of drug-likeness (QED) is 0.822. The minimum atomic E-state index is -0.194. The predicted molar refractivity (Wildman–Crippen MR) is 82.6 cm³/mol. The van der Waals surface area contributed by atoms with Gasteiger partial charge in [-0.2, -0.15) is 0 Å². The van der Waals surface area contributed by atoms with Crippen LogP contribution >= 0.6 is 0 Å². The molecule has 0 saturated heterocycles. The molecule has 4 nitrogen and oxygen atoms in total. The fourth-order valence-electron chi connectivity index (χ4n) is 2.65. The summed E-state index contributed by atoms with van der Waals surface area (Å²) < 4.78 is 0. The minimum Gasteiger partial charge on any atom is -0.384 e. The van der Waals surface area contributed by atoms with Crippen LogP contribution in [-0.2, 0) is 4.79 Å². The van der Waals surface area contributed by atoms with Crippen molar-refractivity contribution in [3.63, 3.8) is 0 Å². The van der Waals surface area contributed by atoms with Crippen LogP contribution in [0.25, 0.3) is 0 Å². The number of aliphatic hydroxyl groups excluding tert-OH is 1. The lowest BCUT2D eigenvalue weighted by atomic mass is 9.90. The highest BCUT2D eigenvalue weighted by atomic mass is 16.2. The molecule has 1 aromatic heterocycles. The van der Waals surface area contributed by atoms with Crippen LogP contribution in [0.15, 0.2) is 18.2 Å². The number of hydrogen-bond donors (Lipinski definition) is 2. The summed E-state index contributed by atoms with van der Waals surface area (Å²) >= 11 is 0. The van der Waals surface area contributed by atoms with Gasteiger partial charge in [0, 0.05) is 5.92 Å². The standard InChI is InChI=1S/C17H22N2O2/c20-13-7-11-15-10-6-12-16(18-15)19-17(21)14-8-4-2-1-3-5-9-14/h6,10,12,14,20H,1-5,8-9,13H2,(H,18,19,21). The van der Waals surface area contributed by atoms with E-state index in [9.17, 15) is 4.79 Å². The molecule has 4 heteroatoms. The number of amides is 1. The van der Waals surface area contributed by atoms with E-state index in [1.165, 1.54) is 19.3 Å². The van der Waals surface area contributed by atoms with Gasteiger partial charge in [0.2, 0.25) is 5.91 Å². The third kappa shape index (κ3) is 5.20. The van der Waals surface area contributed by atoms with Crippen molar-refractivity contribution in [1.82, 2.24) is 4.98 Å². The average Bonchev–Trinajstić information content (AvgIpc) is 2.45. The number of carbonyl (C=O) groups excluding carboxylic acids is 1. The molecule has 0 unspecified atom stereocenters. The van der Waals surface area contributed by atoms with Crippen LogP contribution in [0.3, 0.4) is 0 Å². The molecule has 0 bridgehead atoms. The second kappa shape index (κ2) is 8.43. The average molecular weight is 286 g/mol. The van der Waals surface area contributed by atoms with E-state index < -0.39 is 0 Å². The summed E-state index contributed by atoms with van der Waals surface area (Å²) in [6.45, 7) is -0.194. The number of nitrogens with zero attached hydrogens (tertiary/aromatic N) is 1. The lowest BCUT2D eigenvalue weighted by Crippen LogP contribution is -2.24. The van der Waals surface area contributed by atoms with Crippen molar-refractivity contribution in [3.8, 4) is 11.8 Å². The lowest BCUT2D eigenvalue weighted by molar-refractivity contribution is -0.120. The molecule has 1 aliphatic rings. The largest absolute Gasteiger partial charge is 0.384 e. The second-order valence-electron chi connectivity index (χ2n) is 5.40. The highest BCUT2D eigenvalue weighted by Crippen LogP contribution is 2.23. The summed E-state index contributed by atoms with van der Waals surface area (Å²) in [5.74, 6) is 5.99. The Morgan fingerprint density at radius 3 is 2.67 bits per heavy atom. The Bertz CT molecular complexity index is 523. The molecular weight excluding hydrogens is 264 g/mol. The van der Waals surface area contributed by atoms with E-state index in [1.54, 1.807) is 12.1 Å². The topological polar surface area (TPSA) is 62.2 Å². The van der Waals surface area contributed by atoms with E-state index in [0.717, 1.165) is 25.7 Å². The van der Waals surface area contributed by atoms with Gasteiger partial charge in [0.15, 0.2) is 0 Å². The predicted octanol–water partition coefficient (Wildman–Crippen LogP) is 2.72. The maximum Gasteiger partial charge on any atom is 0.228 e. The van der Waals surface area contributed by atoms with Gasteiger partial charge in [-0.1, -0.05) is 44.1 Å². The van der Waals surface area contributed by atoms with Crippen molar-refractivity contribution >= 4 is 11.7 Å². The summed E-state index contributed by atoms with van der Waals surface area (Å²) in [5, 5.41) is 11.6. The van der Waals surface area contributed by atoms with Gasteiger partial charge in [0.05, 0.1) is 0 Å². The summed E-state index contributed by atoms with van der Waals surface area (Å²) in [4.78, 5) is 16.6. The van der Waals surface area contributed by atoms with Crippen molar-refractivity contribution in [2.45, 2.75) is 44.9 Å². The molecular formula is C17H22N2O2. The number of aromatic nitrogens is 1. The molecule has 112 valence electrons. The Labute approximate surface area is 126 Å². The molecule has 1 fully saturated rings. The zero-order valence-electron chi connectivity index (χ0n) is 12.3. The van der Waals surface area contributed by atoms with E-state index in [1.807, 2.05) is 6.07 Å². The third-order valence-corrected chi connectivity index (χ3v) is 3.77. The molecule has 0 aromatic carbocycles. The van der Waals surface area contributed by atoms with Gasteiger partial charge in [-0.15, -0.1) is 0 Å². The molecule has 0 radical (unpaired) electrons. The van der Waals surface area contributed by atoms with E-state index >= 15 is 0 Å². The van der Waals surface area contributed by atoms with E-state index in [0.29, 0.717) is 11.5 Å². The van der Waals surface area contributed by atoms with Crippen molar-refractivity contribution < 1.29 is 9.90 Å². The SMILES string of the molecule is O=C(Nc1cccc(C#CCO)n1)C1CCCCCCC1. The van der Waals surface area contributed by atoms with Crippen molar-refractivity contribution in [1.29, 1.82) is 0 Å². The van der Waals surface area contributed by atoms with Gasteiger partial charge in [-0.25, -0.2) is 4.98 Å². The highest BCUT2D eigenvalue weighted by molar-refractivity contribution is 5.91. The second-order valence-corrected chi connectivity index (χ2v) is 5.40. The van der Waals surface area contributed by atoms with Crippen molar-refractivity contribution in [2.24, 2.45) is 5.92 Å². The summed E-state index contributed by atoms with van der Waals surface area (Å²) in [6.07, 6.45) is 7.96. The molecule has 1 aromatic rings. The molecule has 1 heterocycles. The molecule has 2 rings (SSSR count). The number of hydrogen-bond acceptors (Lipinski definition) is 3. The van der Waals surface area contributed by atoms with Gasteiger partial charge in [0.25, 0.3) is 0 Å². The zero-order chi connectivity index (χ0) is 14.9. The first-order valence-electron chi connectivity index (χ1n) is 7.67. The lowest BCUT2D eigenvalue weighted by Gasteiger charge is -2.18.